The maximum absolute atomic E-state index is 11.9. The lowest BCUT2D eigenvalue weighted by Crippen LogP contribution is -2.40. The van der Waals surface area contributed by atoms with Gasteiger partial charge in [0.25, 0.3) is 5.91 Å². The molecule has 0 spiro atoms. The van der Waals surface area contributed by atoms with E-state index < -0.39 is 0 Å². The molecule has 1 rings (SSSR count). The average molecular weight is 268 g/mol. The lowest BCUT2D eigenvalue weighted by Gasteiger charge is -2.21. The number of thiophene rings is 1. The van der Waals surface area contributed by atoms with Crippen molar-refractivity contribution < 1.29 is 9.59 Å². The van der Waals surface area contributed by atoms with Crippen molar-refractivity contribution in [2.75, 3.05) is 19.6 Å². The van der Waals surface area contributed by atoms with Crippen LogP contribution in [0.2, 0.25) is 0 Å². The minimum Gasteiger partial charge on any atom is -0.342 e. The van der Waals surface area contributed by atoms with Crippen molar-refractivity contribution in [3.05, 3.63) is 22.4 Å². The first-order chi connectivity index (χ1) is 8.69. The van der Waals surface area contributed by atoms with Crippen LogP contribution in [0, 0.1) is 0 Å². The van der Waals surface area contributed by atoms with E-state index in [-0.39, 0.29) is 18.4 Å². The van der Waals surface area contributed by atoms with E-state index in [2.05, 4.69) is 5.32 Å². The van der Waals surface area contributed by atoms with Gasteiger partial charge in [0, 0.05) is 13.1 Å². The Hall–Kier alpha value is -1.36. The smallest absolute Gasteiger partial charge is 0.261 e. The van der Waals surface area contributed by atoms with Crippen LogP contribution in [-0.4, -0.2) is 36.3 Å². The predicted octanol–water partition coefficient (Wildman–Crippen LogP) is 2.13. The fraction of sp³-hybridized carbons (Fsp3) is 0.538. The van der Waals surface area contributed by atoms with Crippen molar-refractivity contribution in [1.82, 2.24) is 10.2 Å². The summed E-state index contributed by atoms with van der Waals surface area (Å²) >= 11 is 1.37. The van der Waals surface area contributed by atoms with E-state index in [1.807, 2.05) is 25.3 Å². The first kappa shape index (κ1) is 14.7. The highest BCUT2D eigenvalue weighted by Crippen LogP contribution is 2.07. The van der Waals surface area contributed by atoms with Crippen LogP contribution < -0.4 is 5.32 Å². The van der Waals surface area contributed by atoms with Crippen molar-refractivity contribution in [2.45, 2.75) is 26.7 Å². The molecule has 0 unspecified atom stereocenters. The van der Waals surface area contributed by atoms with Crippen LogP contribution in [0.4, 0.5) is 0 Å². The zero-order chi connectivity index (χ0) is 13.4. The number of carbonyl (C=O) groups is 2. The summed E-state index contributed by atoms with van der Waals surface area (Å²) in [4.78, 5) is 26.0. The van der Waals surface area contributed by atoms with Gasteiger partial charge in [0.05, 0.1) is 11.4 Å². The van der Waals surface area contributed by atoms with E-state index in [4.69, 9.17) is 0 Å². The Kier molecular flexibility index (Phi) is 6.43. The summed E-state index contributed by atoms with van der Waals surface area (Å²) < 4.78 is 0. The Morgan fingerprint density at radius 3 is 2.44 bits per heavy atom. The molecule has 18 heavy (non-hydrogen) atoms. The Balaban J connectivity index is 2.41. The van der Waals surface area contributed by atoms with Gasteiger partial charge in [-0.05, 0) is 24.3 Å². The lowest BCUT2D eigenvalue weighted by molar-refractivity contribution is -0.130. The molecule has 0 aliphatic heterocycles. The van der Waals surface area contributed by atoms with Gasteiger partial charge in [-0.3, -0.25) is 9.59 Å². The van der Waals surface area contributed by atoms with Gasteiger partial charge in [0.2, 0.25) is 5.91 Å². The SMILES string of the molecule is CCCN(CCC)C(=O)CNC(=O)c1cccs1. The number of carbonyl (C=O) groups excluding carboxylic acids is 2. The zero-order valence-electron chi connectivity index (χ0n) is 10.9. The molecule has 0 aliphatic rings. The third-order valence-corrected chi connectivity index (χ3v) is 3.35. The highest BCUT2D eigenvalue weighted by Gasteiger charge is 2.13. The van der Waals surface area contributed by atoms with Gasteiger partial charge in [0.15, 0.2) is 0 Å². The molecule has 0 atom stereocenters. The van der Waals surface area contributed by atoms with Gasteiger partial charge in [-0.1, -0.05) is 19.9 Å². The molecule has 100 valence electrons. The molecular weight excluding hydrogens is 248 g/mol. The predicted molar refractivity (Wildman–Crippen MR) is 73.8 cm³/mol. The number of rotatable bonds is 7. The molecule has 0 bridgehead atoms. The zero-order valence-corrected chi connectivity index (χ0v) is 11.8. The number of nitrogens with zero attached hydrogens (tertiary/aromatic N) is 1. The summed E-state index contributed by atoms with van der Waals surface area (Å²) in [6.07, 6.45) is 1.87. The number of hydrogen-bond acceptors (Lipinski definition) is 3. The van der Waals surface area contributed by atoms with Gasteiger partial charge in [0.1, 0.15) is 0 Å². The second kappa shape index (κ2) is 7.87. The third-order valence-electron chi connectivity index (χ3n) is 2.48. The molecule has 0 saturated carbocycles. The number of amides is 2. The van der Waals surface area contributed by atoms with E-state index in [0.717, 1.165) is 25.9 Å². The van der Waals surface area contributed by atoms with Crippen molar-refractivity contribution in [2.24, 2.45) is 0 Å². The fourth-order valence-electron chi connectivity index (χ4n) is 1.66. The average Bonchev–Trinajstić information content (AvgIpc) is 2.89. The first-order valence-corrected chi connectivity index (χ1v) is 7.16. The molecule has 1 aromatic heterocycles. The Morgan fingerprint density at radius 1 is 1.28 bits per heavy atom. The van der Waals surface area contributed by atoms with E-state index >= 15 is 0 Å². The molecule has 1 aromatic rings. The largest absolute Gasteiger partial charge is 0.342 e. The van der Waals surface area contributed by atoms with Crippen LogP contribution in [0.25, 0.3) is 0 Å². The van der Waals surface area contributed by atoms with E-state index in [1.54, 1.807) is 11.0 Å². The van der Waals surface area contributed by atoms with Crippen LogP contribution in [0.3, 0.4) is 0 Å². The van der Waals surface area contributed by atoms with E-state index in [1.165, 1.54) is 11.3 Å². The highest BCUT2D eigenvalue weighted by molar-refractivity contribution is 7.12. The monoisotopic (exact) mass is 268 g/mol. The normalized spacial score (nSPS) is 10.1. The molecule has 5 heteroatoms. The first-order valence-electron chi connectivity index (χ1n) is 6.28. The van der Waals surface area contributed by atoms with Crippen LogP contribution >= 0.6 is 11.3 Å². The Morgan fingerprint density at radius 2 is 1.94 bits per heavy atom. The van der Waals surface area contributed by atoms with Crippen LogP contribution in [0.15, 0.2) is 17.5 Å². The van der Waals surface area contributed by atoms with Crippen molar-refractivity contribution in [3.63, 3.8) is 0 Å². The fourth-order valence-corrected chi connectivity index (χ4v) is 2.30. The highest BCUT2D eigenvalue weighted by atomic mass is 32.1. The second-order valence-electron chi connectivity index (χ2n) is 4.04. The van der Waals surface area contributed by atoms with Gasteiger partial charge < -0.3 is 10.2 Å². The van der Waals surface area contributed by atoms with Crippen LogP contribution in [0.1, 0.15) is 36.4 Å². The molecule has 2 amide bonds. The molecule has 0 aromatic carbocycles. The maximum atomic E-state index is 11.9. The molecule has 0 fully saturated rings. The third kappa shape index (κ3) is 4.49. The molecule has 0 saturated heterocycles. The summed E-state index contributed by atoms with van der Waals surface area (Å²) in [6, 6.07) is 3.57. The standard InChI is InChI=1S/C13H20N2O2S/c1-3-7-15(8-4-2)12(16)10-14-13(17)11-6-5-9-18-11/h5-6,9H,3-4,7-8,10H2,1-2H3,(H,14,17). The van der Waals surface area contributed by atoms with Crippen molar-refractivity contribution >= 4 is 23.2 Å². The van der Waals surface area contributed by atoms with Crippen LogP contribution in [-0.2, 0) is 4.79 Å². The summed E-state index contributed by atoms with van der Waals surface area (Å²) in [7, 11) is 0. The summed E-state index contributed by atoms with van der Waals surface area (Å²) in [5.74, 6) is -0.185. The molecule has 1 heterocycles. The van der Waals surface area contributed by atoms with E-state index in [9.17, 15) is 9.59 Å². The van der Waals surface area contributed by atoms with E-state index in [0.29, 0.717) is 4.88 Å². The maximum Gasteiger partial charge on any atom is 0.261 e. The molecular formula is C13H20N2O2S. The van der Waals surface area contributed by atoms with Crippen LogP contribution in [0.5, 0.6) is 0 Å². The molecule has 1 N–H and O–H groups in total. The minimum absolute atomic E-state index is 0.0105. The number of hydrogen-bond donors (Lipinski definition) is 1. The minimum atomic E-state index is -0.175. The topological polar surface area (TPSA) is 49.4 Å². The van der Waals surface area contributed by atoms with Gasteiger partial charge >= 0.3 is 0 Å². The van der Waals surface area contributed by atoms with Gasteiger partial charge in [-0.2, -0.15) is 0 Å². The lowest BCUT2D eigenvalue weighted by atomic mass is 10.3. The molecule has 0 aliphatic carbocycles. The summed E-state index contributed by atoms with van der Waals surface area (Å²) in [5, 5.41) is 4.51. The Labute approximate surface area is 112 Å². The molecule has 0 radical (unpaired) electrons. The summed E-state index contributed by atoms with van der Waals surface area (Å²) in [5.41, 5.74) is 0. The van der Waals surface area contributed by atoms with Crippen molar-refractivity contribution in [3.8, 4) is 0 Å². The quantitative estimate of drug-likeness (QED) is 0.823. The Bertz CT molecular complexity index is 370. The number of nitrogens with one attached hydrogen (secondary N) is 1. The van der Waals surface area contributed by atoms with Gasteiger partial charge in [-0.25, -0.2) is 0 Å². The van der Waals surface area contributed by atoms with Crippen molar-refractivity contribution in [1.29, 1.82) is 0 Å². The summed E-state index contributed by atoms with van der Waals surface area (Å²) in [6.45, 7) is 5.67. The second-order valence-corrected chi connectivity index (χ2v) is 4.99. The van der Waals surface area contributed by atoms with Gasteiger partial charge in [-0.15, -0.1) is 11.3 Å². The molecule has 4 nitrogen and oxygen atoms in total.